The van der Waals surface area contributed by atoms with E-state index in [0.717, 1.165) is 16.9 Å². The Morgan fingerprint density at radius 1 is 0.952 bits per heavy atom. The Hall–Kier alpha value is -2.55. The third-order valence-electron chi connectivity index (χ3n) is 3.66. The number of nitrogens with zero attached hydrogens (tertiary/aromatic N) is 3. The average molecular weight is 277 g/mol. The fourth-order valence-corrected chi connectivity index (χ4v) is 2.37. The highest BCUT2D eigenvalue weighted by molar-refractivity contribution is 5.79. The van der Waals surface area contributed by atoms with E-state index in [1.165, 1.54) is 11.3 Å². The summed E-state index contributed by atoms with van der Waals surface area (Å²) in [6, 6.07) is 16.7. The van der Waals surface area contributed by atoms with Crippen LogP contribution in [0.1, 0.15) is 11.4 Å². The van der Waals surface area contributed by atoms with E-state index in [0.29, 0.717) is 0 Å². The minimum atomic E-state index is 0.966. The van der Waals surface area contributed by atoms with Gasteiger partial charge in [0, 0.05) is 26.8 Å². The summed E-state index contributed by atoms with van der Waals surface area (Å²) in [6.45, 7) is 0. The number of rotatable bonds is 3. The molecule has 0 saturated carbocycles. The number of imidazole rings is 1. The zero-order chi connectivity index (χ0) is 14.8. The fraction of sp³-hybridized carbons (Fsp3) is 0.167. The summed E-state index contributed by atoms with van der Waals surface area (Å²) in [5.41, 5.74) is 4.56. The van der Waals surface area contributed by atoms with E-state index >= 15 is 0 Å². The second-order valence-electron chi connectivity index (χ2n) is 5.34. The number of para-hydroxylation sites is 2. The van der Waals surface area contributed by atoms with Crippen LogP contribution >= 0.6 is 0 Å². The molecule has 0 aliphatic heterocycles. The highest BCUT2D eigenvalue weighted by Crippen LogP contribution is 2.17. The number of hydrogen-bond acceptors (Lipinski definition) is 2. The van der Waals surface area contributed by atoms with Gasteiger partial charge in [-0.1, -0.05) is 30.3 Å². The van der Waals surface area contributed by atoms with Gasteiger partial charge in [0.1, 0.15) is 5.82 Å². The van der Waals surface area contributed by atoms with Crippen molar-refractivity contribution >= 4 is 28.9 Å². The summed E-state index contributed by atoms with van der Waals surface area (Å²) in [4.78, 5) is 6.74. The highest BCUT2D eigenvalue weighted by atomic mass is 15.1. The SMILES string of the molecule is CN(C)c1ccc(/C=C/c2nc3ccccc3n2C)cc1. The zero-order valence-corrected chi connectivity index (χ0v) is 12.6. The molecule has 1 heterocycles. The summed E-state index contributed by atoms with van der Waals surface area (Å²) in [5, 5.41) is 0. The molecule has 2 aromatic carbocycles. The Labute approximate surface area is 125 Å². The predicted molar refractivity (Wildman–Crippen MR) is 90.4 cm³/mol. The molecule has 0 bridgehead atoms. The number of aromatic nitrogens is 2. The first-order valence-corrected chi connectivity index (χ1v) is 7.02. The van der Waals surface area contributed by atoms with E-state index in [4.69, 9.17) is 0 Å². The van der Waals surface area contributed by atoms with E-state index in [1.807, 2.05) is 39.3 Å². The van der Waals surface area contributed by atoms with Gasteiger partial charge in [-0.15, -0.1) is 0 Å². The van der Waals surface area contributed by atoms with Crippen molar-refractivity contribution in [3.8, 4) is 0 Å². The number of fused-ring (bicyclic) bond motifs is 1. The van der Waals surface area contributed by atoms with E-state index in [9.17, 15) is 0 Å². The monoisotopic (exact) mass is 277 g/mol. The van der Waals surface area contributed by atoms with Gasteiger partial charge in [0.05, 0.1) is 11.0 Å². The van der Waals surface area contributed by atoms with Crippen LogP contribution in [-0.4, -0.2) is 23.6 Å². The van der Waals surface area contributed by atoms with Crippen LogP contribution in [0.3, 0.4) is 0 Å². The Kier molecular flexibility index (Phi) is 3.48. The first-order chi connectivity index (χ1) is 10.1. The normalized spacial score (nSPS) is 11.4. The molecule has 0 saturated heterocycles. The topological polar surface area (TPSA) is 21.1 Å². The lowest BCUT2D eigenvalue weighted by Gasteiger charge is -2.11. The molecule has 0 amide bonds. The van der Waals surface area contributed by atoms with E-state index in [2.05, 4.69) is 56.9 Å². The van der Waals surface area contributed by atoms with Crippen molar-refractivity contribution in [3.63, 3.8) is 0 Å². The largest absolute Gasteiger partial charge is 0.378 e. The maximum atomic E-state index is 4.64. The van der Waals surface area contributed by atoms with Crippen LogP contribution < -0.4 is 4.90 Å². The number of aryl methyl sites for hydroxylation is 1. The first kappa shape index (κ1) is 13.4. The minimum absolute atomic E-state index is 0.966. The molecule has 0 atom stereocenters. The maximum absolute atomic E-state index is 4.64. The molecular formula is C18H19N3. The molecule has 1 aromatic heterocycles. The van der Waals surface area contributed by atoms with Crippen molar-refractivity contribution < 1.29 is 0 Å². The van der Waals surface area contributed by atoms with E-state index in [1.54, 1.807) is 0 Å². The lowest BCUT2D eigenvalue weighted by atomic mass is 10.2. The standard InChI is InChI=1S/C18H19N3/c1-20(2)15-11-8-14(9-12-15)10-13-18-19-16-6-4-5-7-17(16)21(18)3/h4-13H,1-3H3/b13-10+. The van der Waals surface area contributed by atoms with Crippen LogP contribution in [0.15, 0.2) is 48.5 Å². The molecule has 0 aliphatic carbocycles. The molecule has 3 nitrogen and oxygen atoms in total. The summed E-state index contributed by atoms with van der Waals surface area (Å²) < 4.78 is 2.11. The first-order valence-electron chi connectivity index (χ1n) is 7.02. The van der Waals surface area contributed by atoms with Gasteiger partial charge in [-0.3, -0.25) is 0 Å². The molecule has 0 radical (unpaired) electrons. The predicted octanol–water partition coefficient (Wildman–Crippen LogP) is 3.81. The maximum Gasteiger partial charge on any atom is 0.133 e. The zero-order valence-electron chi connectivity index (χ0n) is 12.6. The summed E-state index contributed by atoms with van der Waals surface area (Å²) in [7, 11) is 6.14. The van der Waals surface area contributed by atoms with Crippen molar-refractivity contribution in [1.29, 1.82) is 0 Å². The van der Waals surface area contributed by atoms with Crippen LogP contribution in [0.4, 0.5) is 5.69 Å². The van der Waals surface area contributed by atoms with Gasteiger partial charge in [-0.2, -0.15) is 0 Å². The molecule has 0 spiro atoms. The third kappa shape index (κ3) is 2.68. The highest BCUT2D eigenvalue weighted by Gasteiger charge is 2.03. The fourth-order valence-electron chi connectivity index (χ4n) is 2.37. The van der Waals surface area contributed by atoms with Gasteiger partial charge < -0.3 is 9.47 Å². The summed E-state index contributed by atoms with van der Waals surface area (Å²) >= 11 is 0. The molecule has 0 aliphatic rings. The lowest BCUT2D eigenvalue weighted by molar-refractivity contribution is 0.930. The molecule has 106 valence electrons. The number of anilines is 1. The third-order valence-corrected chi connectivity index (χ3v) is 3.66. The number of benzene rings is 2. The molecule has 3 aromatic rings. The molecule has 0 N–H and O–H groups in total. The van der Waals surface area contributed by atoms with E-state index < -0.39 is 0 Å². The lowest BCUT2D eigenvalue weighted by Crippen LogP contribution is -2.07. The smallest absolute Gasteiger partial charge is 0.133 e. The minimum Gasteiger partial charge on any atom is -0.378 e. The Morgan fingerprint density at radius 2 is 1.67 bits per heavy atom. The Morgan fingerprint density at radius 3 is 2.33 bits per heavy atom. The molecule has 0 unspecified atom stereocenters. The Bertz CT molecular complexity index is 780. The van der Waals surface area contributed by atoms with Crippen molar-refractivity contribution in [2.24, 2.45) is 7.05 Å². The average Bonchev–Trinajstić information content (AvgIpc) is 2.82. The molecule has 3 heteroatoms. The summed E-state index contributed by atoms with van der Waals surface area (Å²) in [6.07, 6.45) is 4.16. The molecule has 21 heavy (non-hydrogen) atoms. The van der Waals surface area contributed by atoms with Crippen molar-refractivity contribution in [2.45, 2.75) is 0 Å². The summed E-state index contributed by atoms with van der Waals surface area (Å²) in [5.74, 6) is 0.966. The molecular weight excluding hydrogens is 258 g/mol. The van der Waals surface area contributed by atoms with Crippen molar-refractivity contribution in [3.05, 3.63) is 59.9 Å². The van der Waals surface area contributed by atoms with Gasteiger partial charge >= 0.3 is 0 Å². The van der Waals surface area contributed by atoms with Gasteiger partial charge in [-0.05, 0) is 35.9 Å². The van der Waals surface area contributed by atoms with Crippen LogP contribution in [0.5, 0.6) is 0 Å². The van der Waals surface area contributed by atoms with Crippen LogP contribution in [0.25, 0.3) is 23.2 Å². The molecule has 0 fully saturated rings. The van der Waals surface area contributed by atoms with Crippen LogP contribution in [0, 0.1) is 0 Å². The van der Waals surface area contributed by atoms with Crippen LogP contribution in [0.2, 0.25) is 0 Å². The van der Waals surface area contributed by atoms with Crippen LogP contribution in [-0.2, 0) is 7.05 Å². The van der Waals surface area contributed by atoms with Gasteiger partial charge in [0.15, 0.2) is 0 Å². The van der Waals surface area contributed by atoms with Gasteiger partial charge in [-0.25, -0.2) is 4.98 Å². The van der Waals surface area contributed by atoms with Crippen molar-refractivity contribution in [2.75, 3.05) is 19.0 Å². The second-order valence-corrected chi connectivity index (χ2v) is 5.34. The van der Waals surface area contributed by atoms with Gasteiger partial charge in [0.25, 0.3) is 0 Å². The Balaban J connectivity index is 1.89. The quantitative estimate of drug-likeness (QED) is 0.726. The van der Waals surface area contributed by atoms with E-state index in [-0.39, 0.29) is 0 Å². The number of hydrogen-bond donors (Lipinski definition) is 0. The van der Waals surface area contributed by atoms with Gasteiger partial charge in [0.2, 0.25) is 0 Å². The molecule has 3 rings (SSSR count). The van der Waals surface area contributed by atoms with Crippen molar-refractivity contribution in [1.82, 2.24) is 9.55 Å². The second kappa shape index (κ2) is 5.44.